The zero-order chi connectivity index (χ0) is 22.3. The van der Waals surface area contributed by atoms with Gasteiger partial charge in [0.2, 0.25) is 0 Å². The third-order valence-electron chi connectivity index (χ3n) is 5.04. The summed E-state index contributed by atoms with van der Waals surface area (Å²) in [5, 5.41) is 0. The van der Waals surface area contributed by atoms with Crippen LogP contribution in [0.4, 0.5) is 8.78 Å². The predicted molar refractivity (Wildman–Crippen MR) is 112 cm³/mol. The summed E-state index contributed by atoms with van der Waals surface area (Å²) in [4.78, 5) is 30.6. The van der Waals surface area contributed by atoms with E-state index in [0.29, 0.717) is 12.3 Å². The number of halogens is 2. The highest BCUT2D eigenvalue weighted by Crippen LogP contribution is 2.18. The molecule has 0 spiro atoms. The van der Waals surface area contributed by atoms with Crippen molar-refractivity contribution in [3.05, 3.63) is 86.8 Å². The van der Waals surface area contributed by atoms with E-state index in [1.165, 1.54) is 12.4 Å². The van der Waals surface area contributed by atoms with Crippen molar-refractivity contribution < 1.29 is 13.5 Å². The Labute approximate surface area is 175 Å². The van der Waals surface area contributed by atoms with E-state index in [0.717, 1.165) is 26.8 Å². The van der Waals surface area contributed by atoms with Gasteiger partial charge in [0.15, 0.2) is 22.8 Å². The molecule has 0 fully saturated rings. The van der Waals surface area contributed by atoms with Gasteiger partial charge < -0.3 is 9.30 Å². The first-order chi connectivity index (χ1) is 14.8. The number of hydrogen-bond donors (Lipinski definition) is 0. The van der Waals surface area contributed by atoms with Gasteiger partial charge in [-0.25, -0.2) is 23.1 Å². The molecule has 0 saturated heterocycles. The maximum atomic E-state index is 13.9. The van der Waals surface area contributed by atoms with E-state index < -0.39 is 28.9 Å². The van der Waals surface area contributed by atoms with E-state index in [4.69, 9.17) is 4.74 Å². The first-order valence-electron chi connectivity index (χ1n) is 9.62. The summed E-state index contributed by atoms with van der Waals surface area (Å²) in [6.45, 7) is 3.73. The molecule has 0 saturated carbocycles. The lowest BCUT2D eigenvalue weighted by Crippen LogP contribution is -2.41. The third kappa shape index (κ3) is 3.52. The van der Waals surface area contributed by atoms with Crippen LogP contribution in [0.25, 0.3) is 16.9 Å². The van der Waals surface area contributed by atoms with Gasteiger partial charge in [0.05, 0.1) is 19.1 Å². The molecule has 160 valence electrons. The number of benzene rings is 2. The van der Waals surface area contributed by atoms with Gasteiger partial charge >= 0.3 is 5.69 Å². The molecule has 7 nitrogen and oxygen atoms in total. The second kappa shape index (κ2) is 7.82. The maximum absolute atomic E-state index is 13.9. The molecule has 0 unspecified atom stereocenters. The van der Waals surface area contributed by atoms with Crippen molar-refractivity contribution in [2.45, 2.75) is 26.4 Å². The first-order valence-corrected chi connectivity index (χ1v) is 9.62. The molecule has 2 heterocycles. The van der Waals surface area contributed by atoms with Gasteiger partial charge in [-0.2, -0.15) is 0 Å². The summed E-state index contributed by atoms with van der Waals surface area (Å²) >= 11 is 0. The zero-order valence-corrected chi connectivity index (χ0v) is 17.2. The number of aromatic nitrogens is 4. The summed E-state index contributed by atoms with van der Waals surface area (Å²) in [5.74, 6) is -1.43. The minimum absolute atomic E-state index is 0.0754. The van der Waals surface area contributed by atoms with Crippen LogP contribution < -0.4 is 16.0 Å². The van der Waals surface area contributed by atoms with E-state index >= 15 is 0 Å². The minimum Gasteiger partial charge on any atom is -0.497 e. The minimum atomic E-state index is -1.10. The van der Waals surface area contributed by atoms with Gasteiger partial charge in [0, 0.05) is 18.7 Å². The molecule has 0 aliphatic heterocycles. The van der Waals surface area contributed by atoms with Crippen LogP contribution >= 0.6 is 0 Å². The van der Waals surface area contributed by atoms with Crippen molar-refractivity contribution in [3.63, 3.8) is 0 Å². The van der Waals surface area contributed by atoms with Crippen LogP contribution in [0.3, 0.4) is 0 Å². The highest BCUT2D eigenvalue weighted by Gasteiger charge is 2.21. The van der Waals surface area contributed by atoms with Crippen LogP contribution in [0.1, 0.15) is 25.5 Å². The summed E-state index contributed by atoms with van der Waals surface area (Å²) < 4.78 is 36.4. The molecule has 31 heavy (non-hydrogen) atoms. The summed E-state index contributed by atoms with van der Waals surface area (Å²) in [7, 11) is 1.57. The Hall–Kier alpha value is -3.75. The molecule has 0 N–H and O–H groups in total. The monoisotopic (exact) mass is 426 g/mol. The Morgan fingerprint density at radius 1 is 1.03 bits per heavy atom. The lowest BCUT2D eigenvalue weighted by molar-refractivity contribution is 0.414. The molecule has 0 radical (unpaired) electrons. The van der Waals surface area contributed by atoms with Crippen molar-refractivity contribution in [1.82, 2.24) is 18.7 Å². The second-order valence-electron chi connectivity index (χ2n) is 7.38. The van der Waals surface area contributed by atoms with Crippen molar-refractivity contribution in [2.24, 2.45) is 0 Å². The molecular formula is C22H20F2N4O3. The van der Waals surface area contributed by atoms with E-state index in [2.05, 4.69) is 4.98 Å². The van der Waals surface area contributed by atoms with Crippen molar-refractivity contribution in [1.29, 1.82) is 0 Å². The number of hydrogen-bond acceptors (Lipinski definition) is 4. The van der Waals surface area contributed by atoms with Gasteiger partial charge in [-0.3, -0.25) is 9.36 Å². The quantitative estimate of drug-likeness (QED) is 0.491. The van der Waals surface area contributed by atoms with Gasteiger partial charge in [-0.1, -0.05) is 12.1 Å². The SMILES string of the molecule is COc1ccc(Cn2cnc3c2c(=O)n(C(C)C)c(=O)n3-c2ccc(F)c(F)c2)cc1. The molecule has 0 bridgehead atoms. The Balaban J connectivity index is 1.97. The Kier molecular flexibility index (Phi) is 5.18. The first kappa shape index (κ1) is 20.5. The molecule has 4 aromatic rings. The standard InChI is InChI=1S/C22H20F2N4O3/c1-13(2)27-21(29)19-20(28(22(27)30)15-6-9-17(23)18(24)10-15)25-12-26(19)11-14-4-7-16(31-3)8-5-14/h4-10,12-13H,11H2,1-3H3. The average Bonchev–Trinajstić information content (AvgIpc) is 3.14. The lowest BCUT2D eigenvalue weighted by Gasteiger charge is -2.15. The van der Waals surface area contributed by atoms with E-state index in [1.807, 2.05) is 12.1 Å². The van der Waals surface area contributed by atoms with Crippen LogP contribution in [-0.2, 0) is 6.54 Å². The summed E-state index contributed by atoms with van der Waals surface area (Å²) in [5.41, 5.74) is 0.0625. The molecule has 4 rings (SSSR count). The Morgan fingerprint density at radius 3 is 2.35 bits per heavy atom. The fourth-order valence-electron chi connectivity index (χ4n) is 3.51. The van der Waals surface area contributed by atoms with Crippen LogP contribution in [0.2, 0.25) is 0 Å². The van der Waals surface area contributed by atoms with Crippen molar-refractivity contribution in [2.75, 3.05) is 7.11 Å². The van der Waals surface area contributed by atoms with Gasteiger partial charge in [0.25, 0.3) is 5.56 Å². The van der Waals surface area contributed by atoms with Crippen LogP contribution in [-0.4, -0.2) is 25.8 Å². The topological polar surface area (TPSA) is 71.1 Å². The van der Waals surface area contributed by atoms with Gasteiger partial charge in [-0.15, -0.1) is 0 Å². The van der Waals surface area contributed by atoms with Gasteiger partial charge in [0.1, 0.15) is 5.75 Å². The fraction of sp³-hybridized carbons (Fsp3) is 0.227. The molecular weight excluding hydrogens is 406 g/mol. The number of fused-ring (bicyclic) bond motifs is 1. The number of methoxy groups -OCH3 is 1. The summed E-state index contributed by atoms with van der Waals surface area (Å²) in [6.07, 6.45) is 1.46. The van der Waals surface area contributed by atoms with Crippen molar-refractivity contribution >= 4 is 11.2 Å². The number of nitrogens with zero attached hydrogens (tertiary/aromatic N) is 4. The highest BCUT2D eigenvalue weighted by atomic mass is 19.2. The lowest BCUT2D eigenvalue weighted by atomic mass is 10.2. The van der Waals surface area contributed by atoms with Crippen LogP contribution in [0.5, 0.6) is 5.75 Å². The maximum Gasteiger partial charge on any atom is 0.337 e. The number of rotatable bonds is 5. The van der Waals surface area contributed by atoms with E-state index in [9.17, 15) is 18.4 Å². The molecule has 0 amide bonds. The average molecular weight is 426 g/mol. The fourth-order valence-corrected chi connectivity index (χ4v) is 3.51. The predicted octanol–water partition coefficient (Wildman–Crippen LogP) is 3.26. The molecule has 2 aromatic carbocycles. The summed E-state index contributed by atoms with van der Waals surface area (Å²) in [6, 6.07) is 9.99. The second-order valence-corrected chi connectivity index (χ2v) is 7.38. The molecule has 2 aromatic heterocycles. The molecule has 9 heteroatoms. The molecule has 0 atom stereocenters. The normalized spacial score (nSPS) is 11.4. The van der Waals surface area contributed by atoms with E-state index in [-0.39, 0.29) is 16.9 Å². The Morgan fingerprint density at radius 2 is 1.74 bits per heavy atom. The Bertz CT molecular complexity index is 1390. The largest absolute Gasteiger partial charge is 0.497 e. The van der Waals surface area contributed by atoms with E-state index in [1.54, 1.807) is 37.7 Å². The highest BCUT2D eigenvalue weighted by molar-refractivity contribution is 5.72. The van der Waals surface area contributed by atoms with Crippen LogP contribution in [0.15, 0.2) is 58.4 Å². The third-order valence-corrected chi connectivity index (χ3v) is 5.04. The smallest absolute Gasteiger partial charge is 0.337 e. The number of imidazole rings is 1. The van der Waals surface area contributed by atoms with Crippen LogP contribution in [0, 0.1) is 11.6 Å². The van der Waals surface area contributed by atoms with Crippen molar-refractivity contribution in [3.8, 4) is 11.4 Å². The van der Waals surface area contributed by atoms with Gasteiger partial charge in [-0.05, 0) is 43.7 Å². The molecule has 0 aliphatic carbocycles. The zero-order valence-electron chi connectivity index (χ0n) is 17.2. The number of ether oxygens (including phenoxy) is 1. The molecule has 0 aliphatic rings.